The van der Waals surface area contributed by atoms with E-state index in [0.29, 0.717) is 68.3 Å². The number of nitrogens with one attached hydrogen (secondary N) is 1. The van der Waals surface area contributed by atoms with Crippen molar-refractivity contribution in [2.75, 3.05) is 53.4 Å². The number of likely N-dealkylation sites (tertiary alicyclic amines) is 2. The zero-order valence-corrected chi connectivity index (χ0v) is 59.1. The fourth-order valence-corrected chi connectivity index (χ4v) is 17.8. The van der Waals surface area contributed by atoms with Crippen molar-refractivity contribution < 1.29 is 24.3 Å². The summed E-state index contributed by atoms with van der Waals surface area (Å²) in [6.45, 7) is 26.9. The van der Waals surface area contributed by atoms with E-state index < -0.39 is 29.1 Å². The number of amides is 3. The van der Waals surface area contributed by atoms with Crippen LogP contribution in [-0.4, -0.2) is 163 Å². The molecule has 91 heavy (non-hydrogen) atoms. The maximum Gasteiger partial charge on any atom is 0.326 e. The number of aliphatic carboxylic acids is 1. The molecule has 2 N–H and O–H groups in total. The molecular weight excluding hydrogens is 1270 g/mol. The maximum atomic E-state index is 14.7. The first kappa shape index (κ1) is 68.8. The summed E-state index contributed by atoms with van der Waals surface area (Å²) in [6.07, 6.45) is 4.90. The Morgan fingerprint density at radius 2 is 0.978 bits per heavy atom. The van der Waals surface area contributed by atoms with E-state index in [1.807, 2.05) is 102 Å². The number of carbonyl (C=O) groups is 4. The standard InChI is InChI=1S/C35H43Cl2N5O2S.C28H29Cl2N3O3S.C7H16N2/c1-7-27-20-40(19-18-39(27)6)32(43)28-17-8-22(4)41(28)33(44)30-29(21(2)3)42-31(23-9-13-25(36)14-10-23)35(5,38-34(42)45-30)24-11-15-26(37)16-12-24;1-15(2)22-23(25(34)32-16(3)5-14-21(32)26(35)36)37-27-31-28(4,18-8-12-20(30)13-9-18)24(33(22)27)17-6-10-19(29)11-7-17;1-3-7-6-8-4-5-9(7)2/h9-16,21-22,27-28,31H,7-8,17-20H2,1-6H3;6-13,15-16,21,24H,5,14H2,1-4H3,(H,35,36);7-8H,3-6H2,1-2H3/t22-,27-,28+,31-,35+;16-,21+,24-,28+;7-/m111/s1. The van der Waals surface area contributed by atoms with Crippen LogP contribution in [0.2, 0.25) is 20.1 Å². The number of nitrogens with zero attached hydrogens (tertiary/aromatic N) is 9. The van der Waals surface area contributed by atoms with Crippen molar-refractivity contribution in [2.45, 2.75) is 167 Å². The van der Waals surface area contributed by atoms with E-state index in [-0.39, 0.29) is 53.7 Å². The Bertz CT molecular complexity index is 3480. The van der Waals surface area contributed by atoms with Crippen LogP contribution >= 0.6 is 69.9 Å². The van der Waals surface area contributed by atoms with E-state index in [0.717, 1.165) is 76.0 Å². The number of aliphatic imine (C=N–C) groups is 2. The second-order valence-corrected chi connectivity index (χ2v) is 30.1. The lowest BCUT2D eigenvalue weighted by Gasteiger charge is -2.41. The summed E-state index contributed by atoms with van der Waals surface area (Å²) in [6, 6.07) is 30.6. The van der Waals surface area contributed by atoms with Gasteiger partial charge >= 0.3 is 5.97 Å². The van der Waals surface area contributed by atoms with Crippen LogP contribution in [-0.2, 0) is 30.3 Å². The molecule has 0 unspecified atom stereocenters. The Morgan fingerprint density at radius 3 is 1.36 bits per heavy atom. The first-order chi connectivity index (χ1) is 43.3. The van der Waals surface area contributed by atoms with Gasteiger partial charge in [0.15, 0.2) is 10.3 Å². The number of carbonyl (C=O) groups excluding carboxylic acids is 3. The van der Waals surface area contributed by atoms with Crippen LogP contribution in [0.25, 0.3) is 0 Å². The van der Waals surface area contributed by atoms with Crippen LogP contribution in [0.3, 0.4) is 0 Å². The minimum absolute atomic E-state index is 0.00250. The van der Waals surface area contributed by atoms with Gasteiger partial charge in [0.25, 0.3) is 11.8 Å². The molecule has 4 aromatic rings. The van der Waals surface area contributed by atoms with Crippen LogP contribution in [0.4, 0.5) is 0 Å². The van der Waals surface area contributed by atoms with Gasteiger partial charge in [0.1, 0.15) is 33.0 Å². The first-order valence-electron chi connectivity index (χ1n) is 32.2. The van der Waals surface area contributed by atoms with Crippen molar-refractivity contribution in [3.8, 4) is 0 Å². The molecule has 8 heterocycles. The molecule has 12 rings (SSSR count). The smallest absolute Gasteiger partial charge is 0.326 e. The number of likely N-dealkylation sites (N-methyl/N-ethyl adjacent to an activating group) is 2. The zero-order chi connectivity index (χ0) is 65.5. The lowest BCUT2D eigenvalue weighted by molar-refractivity contribution is -0.147. The first-order valence-corrected chi connectivity index (χ1v) is 35.4. The summed E-state index contributed by atoms with van der Waals surface area (Å²) in [5, 5.41) is 17.3. The van der Waals surface area contributed by atoms with E-state index in [4.69, 9.17) is 56.4 Å². The molecule has 21 heteroatoms. The van der Waals surface area contributed by atoms with Crippen LogP contribution in [0.1, 0.15) is 142 Å². The summed E-state index contributed by atoms with van der Waals surface area (Å²) in [5.74, 6) is -1.12. The molecule has 4 aromatic carbocycles. The third-order valence-electron chi connectivity index (χ3n) is 19.8. The van der Waals surface area contributed by atoms with Gasteiger partial charge in [0.05, 0.1) is 12.1 Å². The second kappa shape index (κ2) is 28.5. The van der Waals surface area contributed by atoms with E-state index in [1.54, 1.807) is 4.90 Å². The maximum absolute atomic E-state index is 14.7. The Hall–Kier alpha value is -5.08. The van der Waals surface area contributed by atoms with Crippen molar-refractivity contribution in [1.29, 1.82) is 0 Å². The predicted molar refractivity (Wildman–Crippen MR) is 373 cm³/mol. The van der Waals surface area contributed by atoms with Gasteiger partial charge in [-0.1, -0.05) is 136 Å². The minimum Gasteiger partial charge on any atom is -0.480 e. The third-order valence-corrected chi connectivity index (χ3v) is 22.9. The molecule has 0 aromatic heterocycles. The van der Waals surface area contributed by atoms with E-state index in [9.17, 15) is 24.3 Å². The van der Waals surface area contributed by atoms with Crippen LogP contribution in [0.15, 0.2) is 128 Å². The lowest BCUT2D eigenvalue weighted by Crippen LogP contribution is -2.57. The predicted octanol–water partition coefficient (Wildman–Crippen LogP) is 14.2. The number of amidine groups is 2. The molecule has 4 saturated heterocycles. The van der Waals surface area contributed by atoms with Gasteiger partial charge in [-0.25, -0.2) is 14.8 Å². The van der Waals surface area contributed by atoms with Gasteiger partial charge in [-0.05, 0) is 186 Å². The molecule has 3 amide bonds. The van der Waals surface area contributed by atoms with Crippen molar-refractivity contribution >= 4 is 104 Å². The van der Waals surface area contributed by atoms with Gasteiger partial charge in [-0.2, -0.15) is 0 Å². The molecule has 0 spiro atoms. The molecule has 0 saturated carbocycles. The van der Waals surface area contributed by atoms with Crippen molar-refractivity contribution in [3.63, 3.8) is 0 Å². The number of allylic oxidation sites excluding steroid dienone is 2. The summed E-state index contributed by atoms with van der Waals surface area (Å²) >= 11 is 27.9. The fraction of sp³-hybridized carbons (Fsp3) is 0.514. The van der Waals surface area contributed by atoms with E-state index in [2.05, 4.69) is 113 Å². The zero-order valence-electron chi connectivity index (χ0n) is 54.4. The van der Waals surface area contributed by atoms with Gasteiger partial charge in [-0.3, -0.25) is 19.3 Å². The molecule has 488 valence electrons. The largest absolute Gasteiger partial charge is 0.480 e. The van der Waals surface area contributed by atoms with E-state index >= 15 is 0 Å². The summed E-state index contributed by atoms with van der Waals surface area (Å²) < 4.78 is 0. The average molecular weight is 1360 g/mol. The van der Waals surface area contributed by atoms with Gasteiger partial charge in [0, 0.05) is 94.9 Å². The number of hydrogen-bond donors (Lipinski definition) is 2. The molecule has 15 nitrogen and oxygen atoms in total. The molecule has 10 atom stereocenters. The van der Waals surface area contributed by atoms with Crippen molar-refractivity contribution in [2.24, 2.45) is 21.8 Å². The Kier molecular flexibility index (Phi) is 21.5. The quantitative estimate of drug-likeness (QED) is 0.139. The fourth-order valence-electron chi connectivity index (χ4n) is 14.6. The number of hydrogen-bond acceptors (Lipinski definition) is 13. The van der Waals surface area contributed by atoms with Gasteiger partial charge < -0.3 is 39.8 Å². The number of benzene rings is 4. The Labute approximate surface area is 567 Å². The number of piperazine rings is 2. The Balaban J connectivity index is 0.000000178. The number of thioether (sulfide) groups is 2. The summed E-state index contributed by atoms with van der Waals surface area (Å²) in [5.41, 5.74) is 4.67. The SMILES string of the molecule is CC(C)C1=C(C(=O)N2[C@H](C)CC[C@H]2C(=O)O)SC2=N[C@@](C)(c3ccc(Cl)cc3)[C@@H](c3ccc(Cl)cc3)N21.CC[C@@H]1CN(C(=O)[C@@H]2CC[C@@H](C)N2C(=O)C2=C(C(C)C)N3C(=N[C@@](C)(c4ccc(Cl)cc4)[C@H]3c3ccc(Cl)cc3)S2)CCN1C.CC[C@@H]1CNCCN1C. The second-order valence-electron chi connectivity index (χ2n) is 26.4. The summed E-state index contributed by atoms with van der Waals surface area (Å²) in [4.78, 5) is 81.1. The lowest BCUT2D eigenvalue weighted by atomic mass is 9.81. The number of carboxylic acids is 1. The minimum atomic E-state index is -0.959. The summed E-state index contributed by atoms with van der Waals surface area (Å²) in [7, 11) is 4.33. The highest BCUT2D eigenvalue weighted by Crippen LogP contribution is 2.59. The van der Waals surface area contributed by atoms with Crippen molar-refractivity contribution in [1.82, 2.24) is 39.6 Å². The molecule has 4 fully saturated rings. The number of rotatable bonds is 12. The Morgan fingerprint density at radius 1 is 0.582 bits per heavy atom. The molecular formula is C70H88Cl4N10O5S2. The molecule has 8 aliphatic rings. The monoisotopic (exact) mass is 1350 g/mol. The highest BCUT2D eigenvalue weighted by atomic mass is 35.5. The van der Waals surface area contributed by atoms with Crippen molar-refractivity contribution in [3.05, 3.63) is 161 Å². The highest BCUT2D eigenvalue weighted by Gasteiger charge is 2.57. The van der Waals surface area contributed by atoms with Gasteiger partial charge in [-0.15, -0.1) is 0 Å². The van der Waals surface area contributed by atoms with Crippen LogP contribution in [0, 0.1) is 11.8 Å². The highest BCUT2D eigenvalue weighted by molar-refractivity contribution is 8.18. The molecule has 8 aliphatic heterocycles. The van der Waals surface area contributed by atoms with E-state index in [1.165, 1.54) is 43.0 Å². The van der Waals surface area contributed by atoms with Gasteiger partial charge in [0.2, 0.25) is 5.91 Å². The number of fused-ring (bicyclic) bond motifs is 2. The number of carboxylic acid groups (broad SMARTS) is 1. The normalized spacial score (nSPS) is 28.3. The van der Waals surface area contributed by atoms with Crippen LogP contribution < -0.4 is 5.32 Å². The third kappa shape index (κ3) is 13.6. The van der Waals surface area contributed by atoms with Crippen LogP contribution in [0.5, 0.6) is 0 Å². The topological polar surface area (TPSA) is 148 Å². The molecule has 0 aliphatic carbocycles. The number of halogens is 4. The molecule has 0 radical (unpaired) electrons. The average Bonchev–Trinajstić information content (AvgIpc) is 1.57. The molecule has 0 bridgehead atoms.